The molecule has 1 aromatic rings. The SMILES string of the molecule is CC(C)C(Br)C1(c2ccc(Cl)cc2)OCCO1. The summed E-state index contributed by atoms with van der Waals surface area (Å²) in [5, 5.41) is 0.720. The van der Waals surface area contributed by atoms with Crippen LogP contribution in [0.4, 0.5) is 0 Å². The summed E-state index contributed by atoms with van der Waals surface area (Å²) in [5.41, 5.74) is 1.01. The van der Waals surface area contributed by atoms with E-state index < -0.39 is 5.79 Å². The van der Waals surface area contributed by atoms with Crippen molar-refractivity contribution in [1.29, 1.82) is 0 Å². The first-order valence-corrected chi connectivity index (χ1v) is 7.03. The fourth-order valence-corrected chi connectivity index (χ4v) is 2.69. The summed E-state index contributed by atoms with van der Waals surface area (Å²) in [6.45, 7) is 5.53. The van der Waals surface area contributed by atoms with E-state index in [1.54, 1.807) is 0 Å². The Kier molecular flexibility index (Phi) is 4.14. The van der Waals surface area contributed by atoms with Gasteiger partial charge in [-0.1, -0.05) is 53.5 Å². The van der Waals surface area contributed by atoms with Crippen LogP contribution in [0.3, 0.4) is 0 Å². The van der Waals surface area contributed by atoms with Crippen molar-refractivity contribution in [2.75, 3.05) is 13.2 Å². The second-order valence-corrected chi connectivity index (χ2v) is 5.94. The zero-order valence-corrected chi connectivity index (χ0v) is 12.3. The molecule has 0 amide bonds. The number of benzene rings is 1. The van der Waals surface area contributed by atoms with Crippen molar-refractivity contribution < 1.29 is 9.47 Å². The molecule has 0 spiro atoms. The highest BCUT2D eigenvalue weighted by Crippen LogP contribution is 2.41. The van der Waals surface area contributed by atoms with Gasteiger partial charge < -0.3 is 9.47 Å². The molecule has 1 unspecified atom stereocenters. The van der Waals surface area contributed by atoms with Gasteiger partial charge in [0.25, 0.3) is 0 Å². The summed E-state index contributed by atoms with van der Waals surface area (Å²) in [5.74, 6) is -0.276. The van der Waals surface area contributed by atoms with Gasteiger partial charge in [-0.15, -0.1) is 0 Å². The first-order chi connectivity index (χ1) is 8.06. The molecule has 0 bridgehead atoms. The molecule has 0 saturated carbocycles. The lowest BCUT2D eigenvalue weighted by molar-refractivity contribution is -0.170. The van der Waals surface area contributed by atoms with Gasteiger partial charge in [0.2, 0.25) is 5.79 Å². The number of rotatable bonds is 3. The first-order valence-electron chi connectivity index (χ1n) is 5.74. The van der Waals surface area contributed by atoms with Crippen LogP contribution in [0.5, 0.6) is 0 Å². The molecule has 1 fully saturated rings. The minimum absolute atomic E-state index is 0.110. The highest BCUT2D eigenvalue weighted by atomic mass is 79.9. The van der Waals surface area contributed by atoms with Crippen LogP contribution in [0.2, 0.25) is 5.02 Å². The molecule has 1 aliphatic heterocycles. The second kappa shape index (κ2) is 5.27. The Bertz CT molecular complexity index is 372. The topological polar surface area (TPSA) is 18.5 Å². The highest BCUT2D eigenvalue weighted by molar-refractivity contribution is 9.09. The summed E-state index contributed by atoms with van der Waals surface area (Å²) in [6, 6.07) is 7.65. The van der Waals surface area contributed by atoms with Gasteiger partial charge in [0.05, 0.1) is 18.0 Å². The smallest absolute Gasteiger partial charge is 0.208 e. The van der Waals surface area contributed by atoms with Crippen molar-refractivity contribution in [2.45, 2.75) is 24.5 Å². The zero-order chi connectivity index (χ0) is 12.5. The van der Waals surface area contributed by atoms with E-state index in [4.69, 9.17) is 21.1 Å². The largest absolute Gasteiger partial charge is 0.343 e. The molecule has 1 aromatic carbocycles. The number of hydrogen-bond donors (Lipinski definition) is 0. The second-order valence-electron chi connectivity index (χ2n) is 4.52. The van der Waals surface area contributed by atoms with Crippen molar-refractivity contribution in [1.82, 2.24) is 0 Å². The van der Waals surface area contributed by atoms with Gasteiger partial charge in [-0.25, -0.2) is 0 Å². The molecule has 0 aromatic heterocycles. The molecular formula is C13H16BrClO2. The molecule has 0 radical (unpaired) electrons. The number of alkyl halides is 1. The van der Waals surface area contributed by atoms with Gasteiger partial charge in [-0.05, 0) is 18.1 Å². The van der Waals surface area contributed by atoms with E-state index in [2.05, 4.69) is 29.8 Å². The van der Waals surface area contributed by atoms with Crippen molar-refractivity contribution in [3.63, 3.8) is 0 Å². The Balaban J connectivity index is 2.37. The molecule has 17 heavy (non-hydrogen) atoms. The predicted molar refractivity (Wildman–Crippen MR) is 72.6 cm³/mol. The van der Waals surface area contributed by atoms with Crippen LogP contribution in [0.15, 0.2) is 24.3 Å². The Labute approximate surface area is 115 Å². The summed E-state index contributed by atoms with van der Waals surface area (Å²) in [6.07, 6.45) is 0. The normalized spacial score (nSPS) is 20.8. The minimum atomic E-state index is -0.682. The van der Waals surface area contributed by atoms with Crippen LogP contribution in [-0.2, 0) is 15.3 Å². The van der Waals surface area contributed by atoms with Crippen molar-refractivity contribution in [2.24, 2.45) is 5.92 Å². The van der Waals surface area contributed by atoms with Crippen LogP contribution in [0.25, 0.3) is 0 Å². The molecule has 4 heteroatoms. The van der Waals surface area contributed by atoms with E-state index in [0.717, 1.165) is 10.6 Å². The third-order valence-electron chi connectivity index (χ3n) is 2.91. The van der Waals surface area contributed by atoms with E-state index in [9.17, 15) is 0 Å². The van der Waals surface area contributed by atoms with Crippen molar-refractivity contribution in [3.8, 4) is 0 Å². The quantitative estimate of drug-likeness (QED) is 0.785. The average Bonchev–Trinajstić information content (AvgIpc) is 2.79. The van der Waals surface area contributed by atoms with E-state index in [1.807, 2.05) is 24.3 Å². The Morgan fingerprint density at radius 3 is 2.18 bits per heavy atom. The zero-order valence-electron chi connectivity index (χ0n) is 9.95. The molecule has 0 N–H and O–H groups in total. The number of ether oxygens (including phenoxy) is 2. The third-order valence-corrected chi connectivity index (χ3v) is 4.82. The fraction of sp³-hybridized carbons (Fsp3) is 0.538. The highest BCUT2D eigenvalue weighted by Gasteiger charge is 2.46. The average molecular weight is 320 g/mol. The summed E-state index contributed by atoms with van der Waals surface area (Å²) < 4.78 is 11.8. The van der Waals surface area contributed by atoms with Gasteiger partial charge in [-0.2, -0.15) is 0 Å². The van der Waals surface area contributed by atoms with Crippen LogP contribution in [-0.4, -0.2) is 18.0 Å². The number of hydrogen-bond acceptors (Lipinski definition) is 2. The van der Waals surface area contributed by atoms with Gasteiger partial charge in [0.15, 0.2) is 0 Å². The summed E-state index contributed by atoms with van der Waals surface area (Å²) in [7, 11) is 0. The maximum absolute atomic E-state index is 5.91. The first kappa shape index (κ1) is 13.3. The Morgan fingerprint density at radius 1 is 1.18 bits per heavy atom. The van der Waals surface area contributed by atoms with Crippen LogP contribution in [0.1, 0.15) is 19.4 Å². The van der Waals surface area contributed by atoms with Crippen molar-refractivity contribution in [3.05, 3.63) is 34.9 Å². The molecule has 1 atom stereocenters. The molecule has 2 rings (SSSR count). The van der Waals surface area contributed by atoms with E-state index in [1.165, 1.54) is 0 Å². The molecular weight excluding hydrogens is 303 g/mol. The molecule has 2 nitrogen and oxygen atoms in total. The fourth-order valence-electron chi connectivity index (χ4n) is 2.03. The van der Waals surface area contributed by atoms with E-state index >= 15 is 0 Å². The minimum Gasteiger partial charge on any atom is -0.343 e. The maximum atomic E-state index is 5.91. The molecule has 1 aliphatic rings. The standard InChI is InChI=1S/C13H16BrClO2/c1-9(2)12(14)13(16-7-8-17-13)10-3-5-11(15)6-4-10/h3-6,9,12H,7-8H2,1-2H3. The predicted octanol–water partition coefficient (Wildman–Crippen LogP) is 3.96. The Hall–Kier alpha value is -0.0900. The van der Waals surface area contributed by atoms with Crippen LogP contribution < -0.4 is 0 Å². The lowest BCUT2D eigenvalue weighted by Crippen LogP contribution is -2.40. The van der Waals surface area contributed by atoms with Gasteiger partial charge >= 0.3 is 0 Å². The van der Waals surface area contributed by atoms with E-state index in [0.29, 0.717) is 19.1 Å². The van der Waals surface area contributed by atoms with Gasteiger partial charge in [0.1, 0.15) is 0 Å². The van der Waals surface area contributed by atoms with Crippen LogP contribution >= 0.6 is 27.5 Å². The summed E-state index contributed by atoms with van der Waals surface area (Å²) >= 11 is 9.61. The summed E-state index contributed by atoms with van der Waals surface area (Å²) in [4.78, 5) is 0.110. The maximum Gasteiger partial charge on any atom is 0.208 e. The molecule has 1 heterocycles. The number of halogens is 2. The lowest BCUT2D eigenvalue weighted by atomic mass is 9.95. The Morgan fingerprint density at radius 2 is 1.71 bits per heavy atom. The van der Waals surface area contributed by atoms with E-state index in [-0.39, 0.29) is 4.83 Å². The molecule has 0 aliphatic carbocycles. The third kappa shape index (κ3) is 2.53. The van der Waals surface area contributed by atoms with Crippen molar-refractivity contribution >= 4 is 27.5 Å². The molecule has 94 valence electrons. The lowest BCUT2D eigenvalue weighted by Gasteiger charge is -2.34. The van der Waals surface area contributed by atoms with Gasteiger partial charge in [0, 0.05) is 10.6 Å². The monoisotopic (exact) mass is 318 g/mol. The van der Waals surface area contributed by atoms with Gasteiger partial charge in [-0.3, -0.25) is 0 Å². The van der Waals surface area contributed by atoms with Crippen LogP contribution in [0, 0.1) is 5.92 Å². The molecule has 1 saturated heterocycles.